The summed E-state index contributed by atoms with van der Waals surface area (Å²) in [5, 5.41) is -0.388. The summed E-state index contributed by atoms with van der Waals surface area (Å²) >= 11 is 0. The number of methoxy groups -OCH3 is 1. The lowest BCUT2D eigenvalue weighted by Gasteiger charge is -2.19. The largest absolute Gasteiger partial charge is 0.494 e. The van der Waals surface area contributed by atoms with E-state index in [4.69, 9.17) is 14.2 Å². The summed E-state index contributed by atoms with van der Waals surface area (Å²) in [6.45, 7) is 3.89. The number of para-hydroxylation sites is 1. The third-order valence-electron chi connectivity index (χ3n) is 4.52. The lowest BCUT2D eigenvalue weighted by molar-refractivity contribution is 0.0521. The fraction of sp³-hybridized carbons (Fsp3) is 0.444. The molecular weight excluding hydrogens is 358 g/mol. The monoisotopic (exact) mass is 379 g/mol. The quantitative estimate of drug-likeness (QED) is 0.737. The topological polar surface area (TPSA) is 91.8 Å². The van der Waals surface area contributed by atoms with Crippen LogP contribution in [0.3, 0.4) is 0 Å². The van der Waals surface area contributed by atoms with Crippen LogP contribution >= 0.6 is 0 Å². The predicted octanol–water partition coefficient (Wildman–Crippen LogP) is 2.37. The maximum atomic E-state index is 13.4. The molecular formula is C18H21NO6S. The predicted molar refractivity (Wildman–Crippen MR) is 95.3 cm³/mol. The Bertz CT molecular complexity index is 940. The van der Waals surface area contributed by atoms with Crippen LogP contribution < -0.4 is 4.74 Å². The molecule has 1 fully saturated rings. The van der Waals surface area contributed by atoms with E-state index in [1.54, 1.807) is 32.0 Å². The van der Waals surface area contributed by atoms with Gasteiger partial charge in [0.2, 0.25) is 0 Å². The van der Waals surface area contributed by atoms with Gasteiger partial charge >= 0.3 is 5.97 Å². The van der Waals surface area contributed by atoms with Crippen LogP contribution in [0.1, 0.15) is 30.6 Å². The summed E-state index contributed by atoms with van der Waals surface area (Å²) < 4.78 is 42.6. The summed E-state index contributed by atoms with van der Waals surface area (Å²) in [5.41, 5.74) is 0.319. The van der Waals surface area contributed by atoms with E-state index < -0.39 is 27.2 Å². The van der Waals surface area contributed by atoms with Crippen molar-refractivity contribution in [3.63, 3.8) is 0 Å². The van der Waals surface area contributed by atoms with Gasteiger partial charge < -0.3 is 14.2 Å². The first kappa shape index (κ1) is 18.6. The number of ether oxygens (including phenoxy) is 3. The molecule has 1 aliphatic rings. The first-order chi connectivity index (χ1) is 12.4. The van der Waals surface area contributed by atoms with Crippen LogP contribution in [-0.4, -0.2) is 51.0 Å². The Hall–Kier alpha value is -2.19. The highest BCUT2D eigenvalue weighted by Gasteiger charge is 2.40. The normalized spacial score (nSPS) is 20.3. The molecule has 1 aromatic carbocycles. The van der Waals surface area contributed by atoms with E-state index in [9.17, 15) is 13.2 Å². The second-order valence-corrected chi connectivity index (χ2v) is 8.13. The number of hydrogen-bond donors (Lipinski definition) is 0. The molecule has 26 heavy (non-hydrogen) atoms. The van der Waals surface area contributed by atoms with Gasteiger partial charge in [-0.1, -0.05) is 12.1 Å². The molecule has 0 N–H and O–H groups in total. The second-order valence-electron chi connectivity index (χ2n) is 6.03. The summed E-state index contributed by atoms with van der Waals surface area (Å²) in [5.74, 6) is -0.278. The van der Waals surface area contributed by atoms with Crippen molar-refractivity contribution in [1.82, 2.24) is 4.98 Å². The second kappa shape index (κ2) is 7.20. The van der Waals surface area contributed by atoms with E-state index in [0.717, 1.165) is 0 Å². The molecule has 1 saturated heterocycles. The highest BCUT2D eigenvalue weighted by Crippen LogP contribution is 2.36. The minimum Gasteiger partial charge on any atom is -0.494 e. The number of hydrogen-bond acceptors (Lipinski definition) is 7. The van der Waals surface area contributed by atoms with Crippen molar-refractivity contribution < 1.29 is 27.4 Å². The Kier molecular flexibility index (Phi) is 5.15. The SMILES string of the molecule is CCOC(=O)c1cnc2c(OC)cccc2c1S(=O)(=O)C1CCOC1C. The minimum absolute atomic E-state index is 0.0632. The Balaban J connectivity index is 2.32. The average Bonchev–Trinajstić information content (AvgIpc) is 3.07. The van der Waals surface area contributed by atoms with E-state index in [0.29, 0.717) is 29.7 Å². The number of aromatic nitrogens is 1. The lowest BCUT2D eigenvalue weighted by Crippen LogP contribution is -2.30. The van der Waals surface area contributed by atoms with Gasteiger partial charge in [-0.05, 0) is 26.3 Å². The number of sulfone groups is 1. The highest BCUT2D eigenvalue weighted by molar-refractivity contribution is 7.92. The van der Waals surface area contributed by atoms with Crippen LogP contribution in [0.2, 0.25) is 0 Å². The van der Waals surface area contributed by atoms with Crippen molar-refractivity contribution in [3.8, 4) is 5.75 Å². The van der Waals surface area contributed by atoms with Gasteiger partial charge in [0, 0.05) is 18.2 Å². The molecule has 3 rings (SSSR count). The van der Waals surface area contributed by atoms with Crippen molar-refractivity contribution in [2.24, 2.45) is 0 Å². The van der Waals surface area contributed by atoms with E-state index >= 15 is 0 Å². The third-order valence-corrected chi connectivity index (χ3v) is 6.94. The Morgan fingerprint density at radius 3 is 2.77 bits per heavy atom. The van der Waals surface area contributed by atoms with E-state index in [-0.39, 0.29) is 17.1 Å². The van der Waals surface area contributed by atoms with Gasteiger partial charge in [0.25, 0.3) is 0 Å². The zero-order valence-corrected chi connectivity index (χ0v) is 15.7. The molecule has 0 amide bonds. The van der Waals surface area contributed by atoms with Gasteiger partial charge in [0.1, 0.15) is 11.3 Å². The molecule has 7 nitrogen and oxygen atoms in total. The van der Waals surface area contributed by atoms with Crippen molar-refractivity contribution in [2.75, 3.05) is 20.3 Å². The van der Waals surface area contributed by atoms with Crippen molar-refractivity contribution in [2.45, 2.75) is 36.5 Å². The van der Waals surface area contributed by atoms with Crippen molar-refractivity contribution >= 4 is 26.7 Å². The molecule has 2 atom stereocenters. The smallest absolute Gasteiger partial charge is 0.341 e. The number of pyridine rings is 1. The van der Waals surface area contributed by atoms with Crippen LogP contribution in [0.15, 0.2) is 29.3 Å². The number of fused-ring (bicyclic) bond motifs is 1. The lowest BCUT2D eigenvalue weighted by atomic mass is 10.1. The fourth-order valence-electron chi connectivity index (χ4n) is 3.27. The average molecular weight is 379 g/mol. The standard InChI is InChI=1S/C18H21NO6S/c1-4-24-18(20)13-10-19-16-12(6-5-7-14(16)23-3)17(13)26(21,22)15-8-9-25-11(15)2/h5-7,10-11,15H,4,8-9H2,1-3H3. The molecule has 2 aromatic rings. The zero-order valence-electron chi connectivity index (χ0n) is 14.9. The van der Waals surface area contributed by atoms with Gasteiger partial charge in [0.15, 0.2) is 9.84 Å². The Morgan fingerprint density at radius 1 is 1.38 bits per heavy atom. The number of benzene rings is 1. The van der Waals surface area contributed by atoms with Crippen molar-refractivity contribution in [3.05, 3.63) is 30.0 Å². The molecule has 0 radical (unpaired) electrons. The summed E-state index contributed by atoms with van der Waals surface area (Å²) in [7, 11) is -2.37. The minimum atomic E-state index is -3.85. The number of carbonyl (C=O) groups excluding carboxylic acids is 1. The third kappa shape index (κ3) is 3.03. The first-order valence-corrected chi connectivity index (χ1v) is 9.94. The fourth-order valence-corrected chi connectivity index (χ4v) is 5.47. The van der Waals surface area contributed by atoms with Crippen LogP contribution in [-0.2, 0) is 19.3 Å². The van der Waals surface area contributed by atoms with Gasteiger partial charge in [-0.25, -0.2) is 13.2 Å². The van der Waals surface area contributed by atoms with E-state index in [2.05, 4.69) is 4.98 Å². The molecule has 1 aliphatic heterocycles. The zero-order chi connectivity index (χ0) is 18.9. The molecule has 0 saturated carbocycles. The summed E-state index contributed by atoms with van der Waals surface area (Å²) in [6.07, 6.45) is 1.17. The number of carbonyl (C=O) groups is 1. The molecule has 8 heteroatoms. The van der Waals surface area contributed by atoms with Gasteiger partial charge in [-0.3, -0.25) is 4.98 Å². The van der Waals surface area contributed by atoms with E-state index in [1.165, 1.54) is 13.3 Å². The Morgan fingerprint density at radius 2 is 2.15 bits per heavy atom. The summed E-state index contributed by atoms with van der Waals surface area (Å²) in [6, 6.07) is 4.99. The van der Waals surface area contributed by atoms with Gasteiger partial charge in [-0.15, -0.1) is 0 Å². The van der Waals surface area contributed by atoms with Crippen molar-refractivity contribution in [1.29, 1.82) is 0 Å². The number of esters is 1. The molecule has 140 valence electrons. The van der Waals surface area contributed by atoms with Crippen LogP contribution in [0, 0.1) is 0 Å². The first-order valence-electron chi connectivity index (χ1n) is 8.40. The van der Waals surface area contributed by atoms with Crippen LogP contribution in [0.25, 0.3) is 10.9 Å². The van der Waals surface area contributed by atoms with Crippen LogP contribution in [0.4, 0.5) is 0 Å². The number of rotatable bonds is 5. The maximum absolute atomic E-state index is 13.4. The maximum Gasteiger partial charge on any atom is 0.341 e. The highest BCUT2D eigenvalue weighted by atomic mass is 32.2. The number of nitrogens with zero attached hydrogens (tertiary/aromatic N) is 1. The molecule has 0 spiro atoms. The Labute approximate surface area is 152 Å². The molecule has 0 bridgehead atoms. The molecule has 0 aliphatic carbocycles. The van der Waals surface area contributed by atoms with Crippen LogP contribution in [0.5, 0.6) is 5.75 Å². The van der Waals surface area contributed by atoms with E-state index in [1.807, 2.05) is 0 Å². The van der Waals surface area contributed by atoms with Gasteiger partial charge in [0.05, 0.1) is 35.5 Å². The molecule has 2 unspecified atom stereocenters. The van der Waals surface area contributed by atoms with Gasteiger partial charge in [-0.2, -0.15) is 0 Å². The molecule has 1 aromatic heterocycles. The summed E-state index contributed by atoms with van der Waals surface area (Å²) in [4.78, 5) is 16.6. The molecule has 2 heterocycles.